The standard InChI is InChI=1S/C61H107NO8/c1-3-5-7-9-11-13-15-17-19-21-23-25-27-29-30-32-34-36-38-40-42-44-46-48-50-55(64)54(53-69-61-60(68)59(67)58(66)56(52-63)70-61)62-57(65)51-49-47-45-43-41-39-37-35-33-31-28-26-24-22-20-18-16-14-12-10-8-6-4-2/h6,8,12,14,18,20,24,26,31,33,40,42,48,50,54-56,58-61,63-64,66-68H,3-5,7,9-11,13,15-17,19,21-23,25,27-30,32,34-39,41,43-47,49,51-53H2,1-2H3,(H,62,65)/b8-6-,14-12-,20-18-,26-24-,33-31-,42-40+,50-48+. The molecule has 1 amide bonds. The molecular weight excluding hydrogens is 875 g/mol. The van der Waals surface area contributed by atoms with Crippen LogP contribution in [0.15, 0.2) is 85.1 Å². The number of unbranched alkanes of at least 4 members (excludes halogenated alkanes) is 26. The van der Waals surface area contributed by atoms with Gasteiger partial charge in [0.2, 0.25) is 5.91 Å². The molecule has 9 nitrogen and oxygen atoms in total. The van der Waals surface area contributed by atoms with Crippen LogP contribution in [0.4, 0.5) is 0 Å². The molecule has 1 fully saturated rings. The molecule has 0 saturated carbocycles. The second kappa shape index (κ2) is 49.9. The van der Waals surface area contributed by atoms with E-state index < -0.39 is 49.5 Å². The molecule has 0 bridgehead atoms. The molecule has 0 spiro atoms. The number of nitrogens with one attached hydrogen (secondary N) is 1. The Bertz CT molecular complexity index is 1370. The molecule has 1 heterocycles. The fraction of sp³-hybridized carbons (Fsp3) is 0.754. The maximum absolute atomic E-state index is 13.1. The predicted octanol–water partition coefficient (Wildman–Crippen LogP) is 14.2. The average Bonchev–Trinajstić information content (AvgIpc) is 3.36. The second-order valence-electron chi connectivity index (χ2n) is 19.7. The largest absolute Gasteiger partial charge is 0.394 e. The van der Waals surface area contributed by atoms with Crippen LogP contribution in [-0.2, 0) is 14.3 Å². The molecule has 7 unspecified atom stereocenters. The molecule has 0 radical (unpaired) electrons. The van der Waals surface area contributed by atoms with Crippen molar-refractivity contribution in [2.24, 2.45) is 0 Å². The van der Waals surface area contributed by atoms with E-state index in [0.29, 0.717) is 6.42 Å². The van der Waals surface area contributed by atoms with Gasteiger partial charge in [0, 0.05) is 6.42 Å². The van der Waals surface area contributed by atoms with Crippen molar-refractivity contribution in [2.75, 3.05) is 13.2 Å². The van der Waals surface area contributed by atoms with Gasteiger partial charge in [-0.25, -0.2) is 0 Å². The zero-order valence-corrected chi connectivity index (χ0v) is 44.7. The number of hydrogen-bond acceptors (Lipinski definition) is 8. The van der Waals surface area contributed by atoms with E-state index in [2.05, 4.69) is 92.1 Å². The normalized spacial score (nSPS) is 20.0. The smallest absolute Gasteiger partial charge is 0.220 e. The van der Waals surface area contributed by atoms with E-state index in [1.807, 2.05) is 6.08 Å². The number of allylic oxidation sites excluding steroid dienone is 13. The number of carbonyl (C=O) groups excluding carboxylic acids is 1. The Hall–Kier alpha value is -2.63. The van der Waals surface area contributed by atoms with Crippen LogP contribution < -0.4 is 5.32 Å². The van der Waals surface area contributed by atoms with Gasteiger partial charge in [0.1, 0.15) is 24.4 Å². The van der Waals surface area contributed by atoms with E-state index in [1.54, 1.807) is 6.08 Å². The van der Waals surface area contributed by atoms with Gasteiger partial charge in [-0.1, -0.05) is 240 Å². The topological polar surface area (TPSA) is 149 Å². The number of rotatable bonds is 48. The van der Waals surface area contributed by atoms with Gasteiger partial charge in [0.15, 0.2) is 6.29 Å². The van der Waals surface area contributed by atoms with Crippen LogP contribution in [-0.4, -0.2) is 87.5 Å². The maximum atomic E-state index is 13.1. The lowest BCUT2D eigenvalue weighted by molar-refractivity contribution is -0.302. The SMILES string of the molecule is CC/C=C\C/C=C\C/C=C\C/C=C\C/C=C\CCCCCCCCCC(=O)NC(COC1OC(CO)C(O)C(O)C1O)C(O)/C=C/CC/C=C/CCCCCCCCCCCCCCCCCCCC. The summed E-state index contributed by atoms with van der Waals surface area (Å²) < 4.78 is 11.3. The van der Waals surface area contributed by atoms with Crippen LogP contribution in [0.2, 0.25) is 0 Å². The summed E-state index contributed by atoms with van der Waals surface area (Å²) in [5.74, 6) is -0.200. The molecule has 7 atom stereocenters. The quantitative estimate of drug-likeness (QED) is 0.0261. The molecule has 1 aliphatic rings. The lowest BCUT2D eigenvalue weighted by Crippen LogP contribution is -2.60. The van der Waals surface area contributed by atoms with Crippen molar-refractivity contribution in [1.29, 1.82) is 0 Å². The fourth-order valence-corrected chi connectivity index (χ4v) is 8.67. The summed E-state index contributed by atoms with van der Waals surface area (Å²) in [5, 5.41) is 54.5. The van der Waals surface area contributed by atoms with Gasteiger partial charge < -0.3 is 40.3 Å². The van der Waals surface area contributed by atoms with Crippen LogP contribution in [0.1, 0.15) is 239 Å². The highest BCUT2D eigenvalue weighted by Crippen LogP contribution is 2.23. The molecule has 404 valence electrons. The summed E-state index contributed by atoms with van der Waals surface area (Å²) >= 11 is 0. The molecule has 0 aliphatic carbocycles. The van der Waals surface area contributed by atoms with Crippen molar-refractivity contribution in [3.05, 3.63) is 85.1 Å². The summed E-state index contributed by atoms with van der Waals surface area (Å²) in [7, 11) is 0. The number of amides is 1. The minimum atomic E-state index is -1.58. The Balaban J connectivity index is 2.28. The third-order valence-corrected chi connectivity index (χ3v) is 13.2. The van der Waals surface area contributed by atoms with Crippen molar-refractivity contribution >= 4 is 5.91 Å². The first kappa shape index (κ1) is 65.4. The Labute approximate surface area is 429 Å². The molecule has 0 aromatic rings. The highest BCUT2D eigenvalue weighted by atomic mass is 16.7. The van der Waals surface area contributed by atoms with Crippen LogP contribution in [0.5, 0.6) is 0 Å². The number of aliphatic hydroxyl groups is 5. The van der Waals surface area contributed by atoms with E-state index in [-0.39, 0.29) is 12.5 Å². The van der Waals surface area contributed by atoms with E-state index in [9.17, 15) is 30.3 Å². The van der Waals surface area contributed by atoms with Gasteiger partial charge in [-0.3, -0.25) is 4.79 Å². The summed E-state index contributed by atoms with van der Waals surface area (Å²) in [6, 6.07) is -0.834. The van der Waals surface area contributed by atoms with Crippen molar-refractivity contribution in [2.45, 2.75) is 281 Å². The lowest BCUT2D eigenvalue weighted by atomic mass is 9.99. The van der Waals surface area contributed by atoms with E-state index in [4.69, 9.17) is 9.47 Å². The molecule has 0 aromatic heterocycles. The Morgan fingerprint density at radius 3 is 1.37 bits per heavy atom. The number of ether oxygens (including phenoxy) is 2. The second-order valence-corrected chi connectivity index (χ2v) is 19.7. The third-order valence-electron chi connectivity index (χ3n) is 13.2. The Kier molecular flexibility index (Phi) is 46.6. The molecular formula is C61H107NO8. The Morgan fingerprint density at radius 1 is 0.500 bits per heavy atom. The van der Waals surface area contributed by atoms with Crippen LogP contribution in [0.25, 0.3) is 0 Å². The van der Waals surface area contributed by atoms with Crippen molar-refractivity contribution in [1.82, 2.24) is 5.32 Å². The number of aliphatic hydroxyl groups excluding tert-OH is 5. The Morgan fingerprint density at radius 2 is 0.900 bits per heavy atom. The fourth-order valence-electron chi connectivity index (χ4n) is 8.67. The van der Waals surface area contributed by atoms with Gasteiger partial charge in [0.25, 0.3) is 0 Å². The summed E-state index contributed by atoms with van der Waals surface area (Å²) in [6.45, 7) is 3.65. The van der Waals surface area contributed by atoms with E-state index >= 15 is 0 Å². The maximum Gasteiger partial charge on any atom is 0.220 e. The van der Waals surface area contributed by atoms with Gasteiger partial charge in [0.05, 0.1) is 25.4 Å². The number of hydrogen-bond donors (Lipinski definition) is 6. The highest BCUT2D eigenvalue weighted by Gasteiger charge is 2.44. The minimum absolute atomic E-state index is 0.200. The summed E-state index contributed by atoms with van der Waals surface area (Å²) in [5.41, 5.74) is 0. The van der Waals surface area contributed by atoms with Crippen LogP contribution in [0, 0.1) is 0 Å². The first-order valence-corrected chi connectivity index (χ1v) is 28.8. The molecule has 1 aliphatic heterocycles. The lowest BCUT2D eigenvalue weighted by Gasteiger charge is -2.40. The molecule has 0 aromatic carbocycles. The van der Waals surface area contributed by atoms with Crippen molar-refractivity contribution < 1.29 is 39.8 Å². The van der Waals surface area contributed by atoms with Gasteiger partial charge >= 0.3 is 0 Å². The average molecular weight is 983 g/mol. The molecule has 9 heteroatoms. The third kappa shape index (κ3) is 39.0. The van der Waals surface area contributed by atoms with Gasteiger partial charge in [-0.05, 0) is 77.0 Å². The highest BCUT2D eigenvalue weighted by molar-refractivity contribution is 5.76. The summed E-state index contributed by atoms with van der Waals surface area (Å²) in [4.78, 5) is 13.1. The predicted molar refractivity (Wildman–Crippen MR) is 295 cm³/mol. The first-order valence-electron chi connectivity index (χ1n) is 28.8. The summed E-state index contributed by atoms with van der Waals surface area (Å²) in [6.07, 6.45) is 63.6. The van der Waals surface area contributed by atoms with Crippen LogP contribution >= 0.6 is 0 Å². The van der Waals surface area contributed by atoms with Crippen molar-refractivity contribution in [3.8, 4) is 0 Å². The minimum Gasteiger partial charge on any atom is -0.394 e. The molecule has 1 rings (SSSR count). The monoisotopic (exact) mass is 982 g/mol. The first-order chi connectivity index (χ1) is 34.3. The van der Waals surface area contributed by atoms with Crippen molar-refractivity contribution in [3.63, 3.8) is 0 Å². The molecule has 6 N–H and O–H groups in total. The number of carbonyl (C=O) groups is 1. The van der Waals surface area contributed by atoms with E-state index in [1.165, 1.54) is 135 Å². The zero-order valence-electron chi connectivity index (χ0n) is 44.7. The molecule has 1 saturated heterocycles. The van der Waals surface area contributed by atoms with Gasteiger partial charge in [-0.2, -0.15) is 0 Å². The molecule has 70 heavy (non-hydrogen) atoms. The van der Waals surface area contributed by atoms with E-state index in [0.717, 1.165) is 83.5 Å². The van der Waals surface area contributed by atoms with Crippen LogP contribution in [0.3, 0.4) is 0 Å². The van der Waals surface area contributed by atoms with Gasteiger partial charge in [-0.15, -0.1) is 0 Å². The zero-order chi connectivity index (χ0) is 50.8.